The van der Waals surface area contributed by atoms with Gasteiger partial charge in [-0.25, -0.2) is 0 Å². The van der Waals surface area contributed by atoms with Crippen molar-refractivity contribution in [1.29, 1.82) is 0 Å². The number of aliphatic hydroxyl groups excluding tert-OH is 1. The van der Waals surface area contributed by atoms with Crippen molar-refractivity contribution < 1.29 is 14.7 Å². The highest BCUT2D eigenvalue weighted by atomic mass is 16.3. The lowest BCUT2D eigenvalue weighted by Gasteiger charge is -2.17. The molecule has 1 unspecified atom stereocenters. The molecule has 0 spiro atoms. The summed E-state index contributed by atoms with van der Waals surface area (Å²) in [7, 11) is 0. The van der Waals surface area contributed by atoms with E-state index in [2.05, 4.69) is 5.32 Å². The topological polar surface area (TPSA) is 92.4 Å². The second kappa shape index (κ2) is 4.65. The number of Topliss-reactive ketones (excluding diaryl/α,β-unsaturated/α-hetero) is 1. The van der Waals surface area contributed by atoms with Gasteiger partial charge in [-0.2, -0.15) is 0 Å². The molecule has 0 aromatic heterocycles. The number of nitrogens with one attached hydrogen (secondary N) is 1. The van der Waals surface area contributed by atoms with Crippen molar-refractivity contribution in [1.82, 2.24) is 0 Å². The molecule has 1 aromatic rings. The fourth-order valence-electron chi connectivity index (χ4n) is 1.84. The highest BCUT2D eigenvalue weighted by molar-refractivity contribution is 6.01. The molecule has 5 nitrogen and oxygen atoms in total. The van der Waals surface area contributed by atoms with Gasteiger partial charge in [-0.15, -0.1) is 0 Å². The Morgan fingerprint density at radius 3 is 2.94 bits per heavy atom. The van der Waals surface area contributed by atoms with Crippen LogP contribution < -0.4 is 11.1 Å². The molecule has 0 fully saturated rings. The standard InChI is InChI=1S/C12H14N2O3/c13-6-10(15)12(17)8-1-3-9-7(5-8)2-4-11(16)14-9/h1,3,5,10,15H,2,4,6,13H2,(H,14,16). The number of hydrogen-bond acceptors (Lipinski definition) is 4. The minimum atomic E-state index is -1.16. The van der Waals surface area contributed by atoms with Crippen molar-refractivity contribution in [2.45, 2.75) is 18.9 Å². The summed E-state index contributed by atoms with van der Waals surface area (Å²) in [6.07, 6.45) is -0.128. The monoisotopic (exact) mass is 234 g/mol. The number of fused-ring (bicyclic) bond motifs is 1. The number of carbonyl (C=O) groups excluding carboxylic acids is 2. The number of aliphatic hydroxyl groups is 1. The maximum Gasteiger partial charge on any atom is 0.224 e. The Bertz CT molecular complexity index is 471. The second-order valence-corrected chi connectivity index (χ2v) is 4.04. The van der Waals surface area contributed by atoms with E-state index in [1.54, 1.807) is 18.2 Å². The van der Waals surface area contributed by atoms with Crippen molar-refractivity contribution in [3.05, 3.63) is 29.3 Å². The van der Waals surface area contributed by atoms with Crippen LogP contribution in [0.15, 0.2) is 18.2 Å². The number of benzene rings is 1. The summed E-state index contributed by atoms with van der Waals surface area (Å²) in [5.74, 6) is -0.397. The van der Waals surface area contributed by atoms with E-state index in [1.807, 2.05) is 0 Å². The Kier molecular flexibility index (Phi) is 3.21. The van der Waals surface area contributed by atoms with Crippen LogP contribution in [0.2, 0.25) is 0 Å². The van der Waals surface area contributed by atoms with Gasteiger partial charge in [0.25, 0.3) is 0 Å². The van der Waals surface area contributed by atoms with Crippen LogP contribution in [0.4, 0.5) is 5.69 Å². The summed E-state index contributed by atoms with van der Waals surface area (Å²) in [6.45, 7) is -0.0906. The van der Waals surface area contributed by atoms with E-state index in [0.717, 1.165) is 11.3 Å². The van der Waals surface area contributed by atoms with E-state index in [4.69, 9.17) is 5.73 Å². The molecule has 1 aromatic carbocycles. The Balaban J connectivity index is 2.28. The van der Waals surface area contributed by atoms with Crippen LogP contribution >= 0.6 is 0 Å². The maximum absolute atomic E-state index is 11.7. The summed E-state index contributed by atoms with van der Waals surface area (Å²) in [5, 5.41) is 12.1. The molecule has 0 radical (unpaired) electrons. The molecule has 2 rings (SSSR count). The average molecular weight is 234 g/mol. The zero-order valence-electron chi connectivity index (χ0n) is 9.27. The van der Waals surface area contributed by atoms with Crippen LogP contribution in [0.3, 0.4) is 0 Å². The fourth-order valence-corrected chi connectivity index (χ4v) is 1.84. The van der Waals surface area contributed by atoms with Gasteiger partial charge < -0.3 is 16.2 Å². The first-order valence-corrected chi connectivity index (χ1v) is 5.47. The van der Waals surface area contributed by atoms with Gasteiger partial charge in [-0.1, -0.05) is 0 Å². The summed E-state index contributed by atoms with van der Waals surface area (Å²) >= 11 is 0. The number of aryl methyl sites for hydroxylation is 1. The summed E-state index contributed by atoms with van der Waals surface area (Å²) in [6, 6.07) is 4.98. The van der Waals surface area contributed by atoms with Crippen LogP contribution in [0, 0.1) is 0 Å². The van der Waals surface area contributed by atoms with Crippen LogP contribution in [0.1, 0.15) is 22.3 Å². The largest absolute Gasteiger partial charge is 0.384 e. The van der Waals surface area contributed by atoms with E-state index in [-0.39, 0.29) is 18.2 Å². The third kappa shape index (κ3) is 2.35. The Hall–Kier alpha value is -1.72. The van der Waals surface area contributed by atoms with Gasteiger partial charge in [0.15, 0.2) is 5.78 Å². The van der Waals surface area contributed by atoms with Gasteiger partial charge in [-0.3, -0.25) is 9.59 Å². The molecule has 0 saturated heterocycles. The summed E-state index contributed by atoms with van der Waals surface area (Å²) < 4.78 is 0. The number of ketones is 1. The number of hydrogen-bond donors (Lipinski definition) is 3. The van der Waals surface area contributed by atoms with Crippen LogP contribution in [-0.4, -0.2) is 29.4 Å². The average Bonchev–Trinajstić information content (AvgIpc) is 2.36. The fraction of sp³-hybridized carbons (Fsp3) is 0.333. The third-order valence-electron chi connectivity index (χ3n) is 2.81. The predicted molar refractivity (Wildman–Crippen MR) is 62.8 cm³/mol. The first kappa shape index (κ1) is 11.8. The molecule has 5 heteroatoms. The van der Waals surface area contributed by atoms with E-state index >= 15 is 0 Å². The molecule has 0 bridgehead atoms. The summed E-state index contributed by atoms with van der Waals surface area (Å²) in [5.41, 5.74) is 7.32. The Morgan fingerprint density at radius 1 is 1.47 bits per heavy atom. The highest BCUT2D eigenvalue weighted by Crippen LogP contribution is 2.23. The van der Waals surface area contributed by atoms with Gasteiger partial charge in [0.05, 0.1) is 0 Å². The minimum Gasteiger partial charge on any atom is -0.384 e. The lowest BCUT2D eigenvalue weighted by atomic mass is 9.97. The number of anilines is 1. The van der Waals surface area contributed by atoms with Gasteiger partial charge >= 0.3 is 0 Å². The normalized spacial score (nSPS) is 16.0. The van der Waals surface area contributed by atoms with Crippen molar-refractivity contribution in [3.63, 3.8) is 0 Å². The molecule has 4 N–H and O–H groups in total. The lowest BCUT2D eigenvalue weighted by Crippen LogP contribution is -2.29. The molecular weight excluding hydrogens is 220 g/mol. The molecule has 90 valence electrons. The van der Waals surface area contributed by atoms with Crippen molar-refractivity contribution >= 4 is 17.4 Å². The first-order valence-electron chi connectivity index (χ1n) is 5.47. The van der Waals surface area contributed by atoms with E-state index < -0.39 is 6.10 Å². The van der Waals surface area contributed by atoms with Crippen molar-refractivity contribution in [2.24, 2.45) is 5.73 Å². The van der Waals surface area contributed by atoms with Crippen LogP contribution in [0.5, 0.6) is 0 Å². The van der Waals surface area contributed by atoms with E-state index in [0.29, 0.717) is 18.4 Å². The lowest BCUT2D eigenvalue weighted by molar-refractivity contribution is -0.116. The quantitative estimate of drug-likeness (QED) is 0.645. The van der Waals surface area contributed by atoms with Gasteiger partial charge in [-0.05, 0) is 30.2 Å². The van der Waals surface area contributed by atoms with E-state index in [1.165, 1.54) is 0 Å². The third-order valence-corrected chi connectivity index (χ3v) is 2.81. The first-order chi connectivity index (χ1) is 8.11. The van der Waals surface area contributed by atoms with Gasteiger partial charge in [0, 0.05) is 24.2 Å². The maximum atomic E-state index is 11.7. The molecule has 1 atom stereocenters. The molecule has 17 heavy (non-hydrogen) atoms. The Morgan fingerprint density at radius 2 is 2.24 bits per heavy atom. The minimum absolute atomic E-state index is 0.0152. The SMILES string of the molecule is NCC(O)C(=O)c1ccc2c(c1)CCC(=O)N2. The highest BCUT2D eigenvalue weighted by Gasteiger charge is 2.19. The molecule has 0 aliphatic carbocycles. The molecular formula is C12H14N2O3. The number of nitrogens with two attached hydrogens (primary N) is 1. The number of amides is 1. The van der Waals surface area contributed by atoms with Gasteiger partial charge in [0.1, 0.15) is 6.10 Å². The molecule has 1 amide bonds. The molecule has 1 heterocycles. The predicted octanol–water partition coefficient (Wildman–Crippen LogP) is 0.0736. The van der Waals surface area contributed by atoms with Crippen LogP contribution in [0.25, 0.3) is 0 Å². The summed E-state index contributed by atoms with van der Waals surface area (Å²) in [4.78, 5) is 22.9. The zero-order chi connectivity index (χ0) is 12.4. The van der Waals surface area contributed by atoms with E-state index in [9.17, 15) is 14.7 Å². The van der Waals surface area contributed by atoms with Gasteiger partial charge in [0.2, 0.25) is 5.91 Å². The van der Waals surface area contributed by atoms with Crippen molar-refractivity contribution in [2.75, 3.05) is 11.9 Å². The van der Waals surface area contributed by atoms with Crippen LogP contribution in [-0.2, 0) is 11.2 Å². The zero-order valence-corrected chi connectivity index (χ0v) is 9.27. The number of carbonyl (C=O) groups is 2. The smallest absolute Gasteiger partial charge is 0.224 e. The molecule has 0 saturated carbocycles. The Labute approximate surface area is 98.6 Å². The number of rotatable bonds is 3. The van der Waals surface area contributed by atoms with Crippen molar-refractivity contribution in [3.8, 4) is 0 Å². The second-order valence-electron chi connectivity index (χ2n) is 4.04. The molecule has 1 aliphatic heterocycles. The molecule has 1 aliphatic rings.